The molecular weight excluding hydrogens is 393 g/mol. The maximum atomic E-state index is 12.8. The Kier molecular flexibility index (Phi) is 5.67. The van der Waals surface area contributed by atoms with Crippen molar-refractivity contribution < 1.29 is 8.42 Å². The maximum Gasteiger partial charge on any atom is 0.244 e. The average molecular weight is 410 g/mol. The highest BCUT2D eigenvalue weighted by atomic mass is 35.5. The van der Waals surface area contributed by atoms with Crippen LogP contribution in [0.15, 0.2) is 65.8 Å². The van der Waals surface area contributed by atoms with E-state index in [0.717, 1.165) is 11.1 Å². The zero-order chi connectivity index (χ0) is 18.7. The summed E-state index contributed by atoms with van der Waals surface area (Å²) in [5.41, 5.74) is 1.90. The number of halogens is 2. The number of nitrogens with zero attached hydrogens (tertiary/aromatic N) is 3. The summed E-state index contributed by atoms with van der Waals surface area (Å²) in [5.74, 6) is 0. The Morgan fingerprint density at radius 2 is 1.81 bits per heavy atom. The van der Waals surface area contributed by atoms with Gasteiger partial charge in [0.25, 0.3) is 0 Å². The van der Waals surface area contributed by atoms with Crippen LogP contribution in [0.3, 0.4) is 0 Å². The smallest absolute Gasteiger partial charge is 0.244 e. The van der Waals surface area contributed by atoms with E-state index in [1.165, 1.54) is 23.5 Å². The first kappa shape index (κ1) is 18.9. The van der Waals surface area contributed by atoms with E-state index in [4.69, 9.17) is 23.2 Å². The van der Waals surface area contributed by atoms with Crippen LogP contribution in [0, 0.1) is 0 Å². The molecule has 0 saturated carbocycles. The minimum Gasteiger partial charge on any atom is -0.268 e. The quantitative estimate of drug-likeness (QED) is 0.616. The van der Waals surface area contributed by atoms with Crippen LogP contribution in [-0.4, -0.2) is 29.6 Å². The Hall–Kier alpha value is -1.86. The number of hydrogen-bond donors (Lipinski definition) is 0. The lowest BCUT2D eigenvalue weighted by atomic mass is 10.2. The first-order valence-corrected chi connectivity index (χ1v) is 10.0. The monoisotopic (exact) mass is 409 g/mol. The fraction of sp³-hybridized carbons (Fsp3) is 0.167. The minimum absolute atomic E-state index is 0.00848. The lowest BCUT2D eigenvalue weighted by molar-refractivity contribution is 0.466. The van der Waals surface area contributed by atoms with Crippen molar-refractivity contribution in [2.75, 3.05) is 7.05 Å². The predicted octanol–water partition coefficient (Wildman–Crippen LogP) is 4.06. The van der Waals surface area contributed by atoms with E-state index >= 15 is 0 Å². The zero-order valence-corrected chi connectivity index (χ0v) is 16.3. The molecule has 0 N–H and O–H groups in total. The highest BCUT2D eigenvalue weighted by Crippen LogP contribution is 2.27. The van der Waals surface area contributed by atoms with Gasteiger partial charge in [-0.05, 0) is 23.8 Å². The highest BCUT2D eigenvalue weighted by Gasteiger charge is 2.24. The SMILES string of the molecule is CN(Cc1cnn(Cc2ccccc2)c1)S(=O)(=O)c1cc(Cl)ccc1Cl. The van der Waals surface area contributed by atoms with Gasteiger partial charge in [0.05, 0.1) is 17.8 Å². The molecule has 0 aliphatic heterocycles. The number of hydrogen-bond acceptors (Lipinski definition) is 3. The molecule has 8 heteroatoms. The lowest BCUT2D eigenvalue weighted by Crippen LogP contribution is -2.26. The summed E-state index contributed by atoms with van der Waals surface area (Å²) in [6.07, 6.45) is 3.49. The molecule has 0 fully saturated rings. The summed E-state index contributed by atoms with van der Waals surface area (Å²) in [6, 6.07) is 14.3. The molecular formula is C18H17Cl2N3O2S. The van der Waals surface area contributed by atoms with Crippen molar-refractivity contribution in [2.24, 2.45) is 0 Å². The summed E-state index contributed by atoms with van der Waals surface area (Å²) < 4.78 is 28.5. The fourth-order valence-corrected chi connectivity index (χ4v) is 4.42. The number of benzene rings is 2. The van der Waals surface area contributed by atoms with Crippen LogP contribution in [-0.2, 0) is 23.1 Å². The molecule has 0 aliphatic rings. The van der Waals surface area contributed by atoms with Gasteiger partial charge in [-0.15, -0.1) is 0 Å². The van der Waals surface area contributed by atoms with Gasteiger partial charge in [-0.25, -0.2) is 8.42 Å². The third kappa shape index (κ3) is 4.27. The molecule has 5 nitrogen and oxygen atoms in total. The zero-order valence-electron chi connectivity index (χ0n) is 14.0. The second kappa shape index (κ2) is 7.80. The van der Waals surface area contributed by atoms with Crippen LogP contribution in [0.4, 0.5) is 0 Å². The van der Waals surface area contributed by atoms with Crippen molar-refractivity contribution in [2.45, 2.75) is 18.0 Å². The minimum atomic E-state index is -3.76. The second-order valence-electron chi connectivity index (χ2n) is 5.87. The van der Waals surface area contributed by atoms with Crippen molar-refractivity contribution in [1.29, 1.82) is 0 Å². The summed E-state index contributed by atoms with van der Waals surface area (Å²) >= 11 is 12.0. The largest absolute Gasteiger partial charge is 0.268 e. The molecule has 3 rings (SSSR count). The molecule has 136 valence electrons. The van der Waals surface area contributed by atoms with Gasteiger partial charge in [0, 0.05) is 30.4 Å². The second-order valence-corrected chi connectivity index (χ2v) is 8.72. The average Bonchev–Trinajstić information content (AvgIpc) is 3.04. The molecule has 3 aromatic rings. The van der Waals surface area contributed by atoms with E-state index in [-0.39, 0.29) is 16.5 Å². The van der Waals surface area contributed by atoms with E-state index in [1.807, 2.05) is 36.5 Å². The van der Waals surface area contributed by atoms with Crippen LogP contribution < -0.4 is 0 Å². The first-order chi connectivity index (χ1) is 12.4. The van der Waals surface area contributed by atoms with Crippen LogP contribution >= 0.6 is 23.2 Å². The molecule has 0 amide bonds. The Balaban J connectivity index is 1.75. The van der Waals surface area contributed by atoms with Crippen molar-refractivity contribution >= 4 is 33.2 Å². The standard InChI is InChI=1S/C18H17Cl2N3O2S/c1-22(26(24,25)18-9-16(19)7-8-17(18)20)11-15-10-21-23(13-15)12-14-5-3-2-4-6-14/h2-10,13H,11-12H2,1H3. The van der Waals surface area contributed by atoms with Gasteiger partial charge in [0.1, 0.15) is 4.90 Å². The molecule has 0 radical (unpaired) electrons. The topological polar surface area (TPSA) is 55.2 Å². The Morgan fingerprint density at radius 1 is 1.08 bits per heavy atom. The molecule has 26 heavy (non-hydrogen) atoms. The Morgan fingerprint density at radius 3 is 2.54 bits per heavy atom. The molecule has 0 atom stereocenters. The third-order valence-corrected chi connectivity index (χ3v) is 6.38. The molecule has 0 spiro atoms. The van der Waals surface area contributed by atoms with Gasteiger partial charge >= 0.3 is 0 Å². The van der Waals surface area contributed by atoms with Crippen LogP contribution in [0.25, 0.3) is 0 Å². The Bertz CT molecular complexity index is 1000. The first-order valence-electron chi connectivity index (χ1n) is 7.83. The van der Waals surface area contributed by atoms with E-state index in [9.17, 15) is 8.42 Å². The van der Waals surface area contributed by atoms with E-state index in [1.54, 1.807) is 16.9 Å². The number of sulfonamides is 1. The van der Waals surface area contributed by atoms with E-state index in [2.05, 4.69) is 5.10 Å². The van der Waals surface area contributed by atoms with Gasteiger partial charge in [0.15, 0.2) is 0 Å². The van der Waals surface area contributed by atoms with E-state index in [0.29, 0.717) is 11.6 Å². The molecule has 0 bridgehead atoms. The molecule has 2 aromatic carbocycles. The van der Waals surface area contributed by atoms with Crippen molar-refractivity contribution in [3.8, 4) is 0 Å². The lowest BCUT2D eigenvalue weighted by Gasteiger charge is -2.17. The third-order valence-electron chi connectivity index (χ3n) is 3.86. The van der Waals surface area contributed by atoms with Crippen LogP contribution in [0.2, 0.25) is 10.0 Å². The fourth-order valence-electron chi connectivity index (χ4n) is 2.53. The van der Waals surface area contributed by atoms with Crippen molar-refractivity contribution in [1.82, 2.24) is 14.1 Å². The summed E-state index contributed by atoms with van der Waals surface area (Å²) in [6.45, 7) is 0.803. The van der Waals surface area contributed by atoms with E-state index < -0.39 is 10.0 Å². The summed E-state index contributed by atoms with van der Waals surface area (Å²) in [4.78, 5) is -0.00848. The van der Waals surface area contributed by atoms with Crippen molar-refractivity contribution in [3.05, 3.63) is 82.1 Å². The summed E-state index contributed by atoms with van der Waals surface area (Å²) in [7, 11) is -2.26. The predicted molar refractivity (Wildman–Crippen MR) is 103 cm³/mol. The van der Waals surface area contributed by atoms with Crippen LogP contribution in [0.5, 0.6) is 0 Å². The summed E-state index contributed by atoms with van der Waals surface area (Å²) in [5, 5.41) is 4.76. The number of aromatic nitrogens is 2. The normalized spacial score (nSPS) is 11.8. The van der Waals surface area contributed by atoms with Gasteiger partial charge < -0.3 is 0 Å². The molecule has 0 unspecified atom stereocenters. The van der Waals surface area contributed by atoms with Crippen LogP contribution in [0.1, 0.15) is 11.1 Å². The highest BCUT2D eigenvalue weighted by molar-refractivity contribution is 7.89. The van der Waals surface area contributed by atoms with Gasteiger partial charge in [-0.3, -0.25) is 4.68 Å². The maximum absolute atomic E-state index is 12.8. The molecule has 0 aliphatic carbocycles. The van der Waals surface area contributed by atoms with Gasteiger partial charge in [-0.2, -0.15) is 9.40 Å². The number of rotatable bonds is 6. The van der Waals surface area contributed by atoms with Crippen molar-refractivity contribution in [3.63, 3.8) is 0 Å². The molecule has 1 heterocycles. The molecule has 0 saturated heterocycles. The Labute approximate surface area is 162 Å². The van der Waals surface area contributed by atoms with Gasteiger partial charge in [0.2, 0.25) is 10.0 Å². The molecule has 1 aromatic heterocycles. The van der Waals surface area contributed by atoms with Gasteiger partial charge in [-0.1, -0.05) is 53.5 Å².